The van der Waals surface area contributed by atoms with Crippen LogP contribution in [-0.2, 0) is 17.6 Å². The number of nitrogens with zero attached hydrogens (tertiary/aromatic N) is 1. The van der Waals surface area contributed by atoms with E-state index >= 15 is 0 Å². The van der Waals surface area contributed by atoms with Crippen molar-refractivity contribution >= 4 is 45.9 Å². The molecule has 0 unspecified atom stereocenters. The molecule has 5 nitrogen and oxygen atoms in total. The number of hydrogen-bond donors (Lipinski definition) is 2. The summed E-state index contributed by atoms with van der Waals surface area (Å²) in [5, 5.41) is 14.3. The van der Waals surface area contributed by atoms with Gasteiger partial charge in [0.25, 0.3) is 0 Å². The Hall–Kier alpha value is -4.55. The minimum atomic E-state index is -0.840. The van der Waals surface area contributed by atoms with Gasteiger partial charge in [-0.2, -0.15) is 0 Å². The van der Waals surface area contributed by atoms with Crippen LogP contribution in [0.1, 0.15) is 11.1 Å². The molecule has 2 amide bonds. The summed E-state index contributed by atoms with van der Waals surface area (Å²) in [6.45, 7) is 0.529. The predicted molar refractivity (Wildman–Crippen MR) is 159 cm³/mol. The van der Waals surface area contributed by atoms with Gasteiger partial charge >= 0.3 is 12.0 Å². The summed E-state index contributed by atoms with van der Waals surface area (Å²) in [4.78, 5) is 28.3. The van der Waals surface area contributed by atoms with Crippen LogP contribution < -0.4 is 10.2 Å². The van der Waals surface area contributed by atoms with E-state index < -0.39 is 5.97 Å². The van der Waals surface area contributed by atoms with Crippen LogP contribution in [0.4, 0.5) is 16.2 Å². The van der Waals surface area contributed by atoms with Gasteiger partial charge in [0.15, 0.2) is 0 Å². The fourth-order valence-electron chi connectivity index (χ4n) is 4.37. The van der Waals surface area contributed by atoms with Crippen molar-refractivity contribution in [1.29, 1.82) is 0 Å². The van der Waals surface area contributed by atoms with Crippen molar-refractivity contribution in [2.45, 2.75) is 22.6 Å². The van der Waals surface area contributed by atoms with Gasteiger partial charge in [0.05, 0.1) is 6.42 Å². The van der Waals surface area contributed by atoms with E-state index in [1.807, 2.05) is 103 Å². The molecule has 0 saturated heterocycles. The largest absolute Gasteiger partial charge is 0.481 e. The van der Waals surface area contributed by atoms with Crippen LogP contribution in [0.25, 0.3) is 10.8 Å². The number of carbonyl (C=O) groups excluding carboxylic acids is 1. The maximum absolute atomic E-state index is 13.5. The molecule has 0 heterocycles. The van der Waals surface area contributed by atoms with Gasteiger partial charge in [-0.25, -0.2) is 4.79 Å². The van der Waals surface area contributed by atoms with Crippen LogP contribution in [0.5, 0.6) is 0 Å². The van der Waals surface area contributed by atoms with Crippen molar-refractivity contribution in [2.75, 3.05) is 16.8 Å². The van der Waals surface area contributed by atoms with Crippen molar-refractivity contribution in [3.63, 3.8) is 0 Å². The normalized spacial score (nSPS) is 10.8. The number of nitrogens with one attached hydrogen (secondary N) is 1. The maximum Gasteiger partial charge on any atom is 0.326 e. The number of amides is 2. The molecular formula is C33H28N2O3S. The fraction of sp³-hybridized carbons (Fsp3) is 0.0909. The van der Waals surface area contributed by atoms with Crippen LogP contribution in [0.15, 0.2) is 131 Å². The Morgan fingerprint density at radius 3 is 2.03 bits per heavy atom. The molecule has 0 bridgehead atoms. The predicted octanol–water partition coefficient (Wildman–Crippen LogP) is 7.90. The van der Waals surface area contributed by atoms with Gasteiger partial charge < -0.3 is 10.4 Å². The third-order valence-corrected chi connectivity index (χ3v) is 7.39. The van der Waals surface area contributed by atoms with E-state index in [0.717, 1.165) is 43.9 Å². The van der Waals surface area contributed by atoms with E-state index in [4.69, 9.17) is 5.11 Å². The Balaban J connectivity index is 1.32. The first kappa shape index (κ1) is 26.1. The summed E-state index contributed by atoms with van der Waals surface area (Å²) in [7, 11) is 0. The van der Waals surface area contributed by atoms with Gasteiger partial charge in [-0.3, -0.25) is 9.69 Å². The van der Waals surface area contributed by atoms with Crippen molar-refractivity contribution in [3.05, 3.63) is 132 Å². The zero-order valence-electron chi connectivity index (χ0n) is 21.3. The summed E-state index contributed by atoms with van der Waals surface area (Å²) in [6.07, 6.45) is 0.741. The lowest BCUT2D eigenvalue weighted by Gasteiger charge is -2.24. The average molecular weight is 533 g/mol. The smallest absolute Gasteiger partial charge is 0.326 e. The Labute approximate surface area is 232 Å². The molecule has 39 heavy (non-hydrogen) atoms. The number of carboxylic acids is 1. The Morgan fingerprint density at radius 2 is 1.33 bits per heavy atom. The Kier molecular flexibility index (Phi) is 8.24. The summed E-state index contributed by atoms with van der Waals surface area (Å²) in [6, 6.07) is 39.5. The van der Waals surface area contributed by atoms with E-state index in [0.29, 0.717) is 6.54 Å². The highest BCUT2D eigenvalue weighted by Gasteiger charge is 2.17. The first-order valence-electron chi connectivity index (χ1n) is 12.7. The SMILES string of the molecule is O=C(O)Cc1ccc(Sc2ccc(N(CCc3ccccc3)C(=O)Nc3ccc4ccccc4c3)cc2)cc1. The zero-order chi connectivity index (χ0) is 27.0. The van der Waals surface area contributed by atoms with E-state index in [1.54, 1.807) is 16.7 Å². The average Bonchev–Trinajstić information content (AvgIpc) is 2.95. The van der Waals surface area contributed by atoms with Crippen LogP contribution in [0.3, 0.4) is 0 Å². The molecule has 0 aromatic heterocycles. The number of rotatable bonds is 9. The number of anilines is 2. The molecule has 0 radical (unpaired) electrons. The number of urea groups is 1. The number of carbonyl (C=O) groups is 2. The van der Waals surface area contributed by atoms with Gasteiger partial charge in [0.1, 0.15) is 0 Å². The number of hydrogen-bond acceptors (Lipinski definition) is 3. The quantitative estimate of drug-likeness (QED) is 0.202. The monoisotopic (exact) mass is 532 g/mol. The lowest BCUT2D eigenvalue weighted by atomic mass is 10.1. The molecule has 6 heteroatoms. The summed E-state index contributed by atoms with van der Waals surface area (Å²) < 4.78 is 0. The van der Waals surface area contributed by atoms with Crippen LogP contribution in [-0.4, -0.2) is 23.7 Å². The van der Waals surface area contributed by atoms with Gasteiger partial charge in [0.2, 0.25) is 0 Å². The first-order valence-corrected chi connectivity index (χ1v) is 13.5. The molecule has 0 atom stereocenters. The highest BCUT2D eigenvalue weighted by atomic mass is 32.2. The van der Waals surface area contributed by atoms with Gasteiger partial charge in [-0.1, -0.05) is 84.6 Å². The summed E-state index contributed by atoms with van der Waals surface area (Å²) in [5.74, 6) is -0.840. The minimum Gasteiger partial charge on any atom is -0.481 e. The van der Waals surface area contributed by atoms with Crippen molar-refractivity contribution in [1.82, 2.24) is 0 Å². The molecular weight excluding hydrogens is 504 g/mol. The third kappa shape index (κ3) is 7.06. The zero-order valence-corrected chi connectivity index (χ0v) is 22.1. The molecule has 0 aliphatic rings. The molecule has 0 fully saturated rings. The van der Waals surface area contributed by atoms with E-state index in [1.165, 1.54) is 5.56 Å². The molecule has 2 N–H and O–H groups in total. The fourth-order valence-corrected chi connectivity index (χ4v) is 5.19. The van der Waals surface area contributed by atoms with Gasteiger partial charge in [0, 0.05) is 27.7 Å². The number of carboxylic acid groups (broad SMARTS) is 1. The third-order valence-electron chi connectivity index (χ3n) is 6.38. The molecule has 194 valence electrons. The van der Waals surface area contributed by atoms with Gasteiger partial charge in [-0.15, -0.1) is 0 Å². The number of fused-ring (bicyclic) bond motifs is 1. The second kappa shape index (κ2) is 12.3. The second-order valence-electron chi connectivity index (χ2n) is 9.19. The highest BCUT2D eigenvalue weighted by molar-refractivity contribution is 7.99. The Bertz CT molecular complexity index is 1570. The molecule has 5 rings (SSSR count). The first-order chi connectivity index (χ1) is 19.0. The van der Waals surface area contributed by atoms with Crippen molar-refractivity contribution in [3.8, 4) is 0 Å². The highest BCUT2D eigenvalue weighted by Crippen LogP contribution is 2.30. The topological polar surface area (TPSA) is 69.6 Å². The standard InChI is InChI=1S/C33H28N2O3S/c36-32(37)22-25-10-16-30(17-11-25)39-31-18-14-29(15-19-31)35(21-20-24-6-2-1-3-7-24)33(38)34-28-13-12-26-8-4-5-9-27(26)23-28/h1-19,23H,20-22H2,(H,34,38)(H,36,37). The van der Waals surface area contributed by atoms with E-state index in [9.17, 15) is 9.59 Å². The summed E-state index contributed by atoms with van der Waals surface area (Å²) in [5.41, 5.74) is 3.50. The molecule has 5 aromatic rings. The Morgan fingerprint density at radius 1 is 0.692 bits per heavy atom. The number of benzene rings is 5. The minimum absolute atomic E-state index is 0.0136. The van der Waals surface area contributed by atoms with Crippen molar-refractivity contribution in [2.24, 2.45) is 0 Å². The molecule has 0 aliphatic heterocycles. The second-order valence-corrected chi connectivity index (χ2v) is 10.3. The van der Waals surface area contributed by atoms with Crippen LogP contribution in [0.2, 0.25) is 0 Å². The number of aliphatic carboxylic acids is 1. The molecule has 5 aromatic carbocycles. The van der Waals surface area contributed by atoms with Crippen LogP contribution >= 0.6 is 11.8 Å². The molecule has 0 saturated carbocycles. The molecule has 0 spiro atoms. The van der Waals surface area contributed by atoms with Gasteiger partial charge in [-0.05, 0) is 76.9 Å². The molecule has 0 aliphatic carbocycles. The van der Waals surface area contributed by atoms with Crippen molar-refractivity contribution < 1.29 is 14.7 Å². The van der Waals surface area contributed by atoms with E-state index in [-0.39, 0.29) is 12.5 Å². The lowest BCUT2D eigenvalue weighted by molar-refractivity contribution is -0.136. The van der Waals surface area contributed by atoms with E-state index in [2.05, 4.69) is 23.5 Å². The van der Waals surface area contributed by atoms with Crippen LogP contribution in [0, 0.1) is 0 Å². The lowest BCUT2D eigenvalue weighted by Crippen LogP contribution is -2.36. The maximum atomic E-state index is 13.5. The summed E-state index contributed by atoms with van der Waals surface area (Å²) >= 11 is 1.59.